The van der Waals surface area contributed by atoms with Gasteiger partial charge in [-0.2, -0.15) is 5.10 Å². The molecule has 7 heteroatoms. The summed E-state index contributed by atoms with van der Waals surface area (Å²) in [6, 6.07) is 0. The van der Waals surface area contributed by atoms with Gasteiger partial charge in [0.1, 0.15) is 0 Å². The lowest BCUT2D eigenvalue weighted by Crippen LogP contribution is -2.26. The number of carbonyl (C=O) groups is 2. The standard InChI is InChI=1S/C9H11N3O4/c1-11-7(8(13)14)5-3-12(9(15)16-2)4-6(5)10-11/h3-4H2,1-2H3,(H,13,14). The molecule has 16 heavy (non-hydrogen) atoms. The van der Waals surface area contributed by atoms with Gasteiger partial charge in [-0.15, -0.1) is 0 Å². The van der Waals surface area contributed by atoms with Gasteiger partial charge in [-0.25, -0.2) is 9.59 Å². The lowest BCUT2D eigenvalue weighted by molar-refractivity contribution is 0.0681. The van der Waals surface area contributed by atoms with E-state index in [2.05, 4.69) is 9.84 Å². The summed E-state index contributed by atoms with van der Waals surface area (Å²) in [5, 5.41) is 13.1. The Morgan fingerprint density at radius 3 is 2.69 bits per heavy atom. The predicted molar refractivity (Wildman–Crippen MR) is 51.8 cm³/mol. The van der Waals surface area contributed by atoms with Crippen LogP contribution in [0.15, 0.2) is 0 Å². The van der Waals surface area contributed by atoms with Crippen molar-refractivity contribution in [2.45, 2.75) is 13.1 Å². The summed E-state index contributed by atoms with van der Waals surface area (Å²) >= 11 is 0. The molecule has 2 rings (SSSR count). The maximum Gasteiger partial charge on any atom is 0.410 e. The molecule has 1 aromatic rings. The Kier molecular flexibility index (Phi) is 2.30. The number of carboxylic acid groups (broad SMARTS) is 1. The van der Waals surface area contributed by atoms with Gasteiger partial charge in [-0.3, -0.25) is 9.58 Å². The second-order valence-electron chi connectivity index (χ2n) is 3.53. The van der Waals surface area contributed by atoms with Gasteiger partial charge in [0.05, 0.1) is 25.9 Å². The molecular weight excluding hydrogens is 214 g/mol. The first-order chi connectivity index (χ1) is 7.54. The summed E-state index contributed by atoms with van der Waals surface area (Å²) in [5.74, 6) is -1.04. The van der Waals surface area contributed by atoms with Crippen LogP contribution < -0.4 is 0 Å². The Hall–Kier alpha value is -2.05. The number of methoxy groups -OCH3 is 1. The highest BCUT2D eigenvalue weighted by molar-refractivity contribution is 5.88. The molecule has 7 nitrogen and oxygen atoms in total. The van der Waals surface area contributed by atoms with E-state index in [4.69, 9.17) is 5.11 Å². The maximum absolute atomic E-state index is 11.3. The number of hydrogen-bond donors (Lipinski definition) is 1. The average molecular weight is 225 g/mol. The normalized spacial score (nSPS) is 13.8. The minimum absolute atomic E-state index is 0.126. The largest absolute Gasteiger partial charge is 0.477 e. The Morgan fingerprint density at radius 1 is 1.44 bits per heavy atom. The van der Waals surface area contributed by atoms with E-state index in [0.717, 1.165) is 0 Å². The molecule has 2 heterocycles. The Bertz CT molecular complexity index is 466. The third kappa shape index (κ3) is 1.40. The number of fused-ring (bicyclic) bond motifs is 1. The van der Waals surface area contributed by atoms with Crippen molar-refractivity contribution in [2.75, 3.05) is 7.11 Å². The number of rotatable bonds is 1. The van der Waals surface area contributed by atoms with E-state index in [0.29, 0.717) is 17.8 Å². The zero-order valence-corrected chi connectivity index (χ0v) is 8.93. The summed E-state index contributed by atoms with van der Waals surface area (Å²) in [6.45, 7) is 0.528. The number of ether oxygens (including phenoxy) is 1. The highest BCUT2D eigenvalue weighted by Gasteiger charge is 2.32. The highest BCUT2D eigenvalue weighted by Crippen LogP contribution is 2.25. The zero-order valence-electron chi connectivity index (χ0n) is 8.93. The van der Waals surface area contributed by atoms with Crippen molar-refractivity contribution in [1.29, 1.82) is 0 Å². The summed E-state index contributed by atoms with van der Waals surface area (Å²) < 4.78 is 5.89. The molecule has 0 saturated carbocycles. The third-order valence-corrected chi connectivity index (χ3v) is 2.55. The molecule has 1 aliphatic heterocycles. The van der Waals surface area contributed by atoms with Gasteiger partial charge in [-0.05, 0) is 0 Å². The molecule has 0 spiro atoms. The molecule has 0 fully saturated rings. The van der Waals surface area contributed by atoms with Crippen LogP contribution in [-0.2, 0) is 24.9 Å². The van der Waals surface area contributed by atoms with Crippen LogP contribution >= 0.6 is 0 Å². The lowest BCUT2D eigenvalue weighted by Gasteiger charge is -2.13. The second kappa shape index (κ2) is 3.51. The van der Waals surface area contributed by atoms with Crippen LogP contribution in [0.4, 0.5) is 4.79 Å². The molecule has 1 N–H and O–H groups in total. The molecule has 86 valence electrons. The number of nitrogens with zero attached hydrogens (tertiary/aromatic N) is 3. The number of aromatic carboxylic acids is 1. The van der Waals surface area contributed by atoms with Crippen LogP contribution in [0.1, 0.15) is 21.7 Å². The molecule has 0 atom stereocenters. The molecule has 0 aromatic carbocycles. The number of aromatic nitrogens is 2. The van der Waals surface area contributed by atoms with Gasteiger partial charge in [0.2, 0.25) is 0 Å². The zero-order chi connectivity index (χ0) is 11.9. The predicted octanol–water partition coefficient (Wildman–Crippen LogP) is 0.200. The highest BCUT2D eigenvalue weighted by atomic mass is 16.5. The van der Waals surface area contributed by atoms with Crippen molar-refractivity contribution in [3.63, 3.8) is 0 Å². The Balaban J connectivity index is 2.33. The maximum atomic E-state index is 11.3. The quantitative estimate of drug-likeness (QED) is 0.738. The summed E-state index contributed by atoms with van der Waals surface area (Å²) in [5.41, 5.74) is 1.33. The van der Waals surface area contributed by atoms with Crippen molar-refractivity contribution in [2.24, 2.45) is 7.05 Å². The molecule has 0 radical (unpaired) electrons. The van der Waals surface area contributed by atoms with Gasteiger partial charge in [-0.1, -0.05) is 0 Å². The monoisotopic (exact) mass is 225 g/mol. The fourth-order valence-electron chi connectivity index (χ4n) is 1.87. The van der Waals surface area contributed by atoms with Crippen LogP contribution in [0.2, 0.25) is 0 Å². The molecule has 0 bridgehead atoms. The SMILES string of the molecule is COC(=O)N1Cc2nn(C)c(C(=O)O)c2C1. The lowest BCUT2D eigenvalue weighted by atomic mass is 10.2. The first-order valence-corrected chi connectivity index (χ1v) is 4.65. The van der Waals surface area contributed by atoms with Crippen molar-refractivity contribution < 1.29 is 19.4 Å². The van der Waals surface area contributed by atoms with Gasteiger partial charge in [0.25, 0.3) is 0 Å². The topological polar surface area (TPSA) is 84.7 Å². The minimum atomic E-state index is -1.04. The van der Waals surface area contributed by atoms with E-state index in [1.807, 2.05) is 0 Å². The summed E-state index contributed by atoms with van der Waals surface area (Å²) in [6.07, 6.45) is -0.475. The number of carbonyl (C=O) groups excluding carboxylic acids is 1. The summed E-state index contributed by atoms with van der Waals surface area (Å²) in [4.78, 5) is 23.7. The van der Waals surface area contributed by atoms with Crippen LogP contribution in [0.5, 0.6) is 0 Å². The van der Waals surface area contributed by atoms with E-state index in [9.17, 15) is 9.59 Å². The van der Waals surface area contributed by atoms with E-state index < -0.39 is 12.1 Å². The van der Waals surface area contributed by atoms with Crippen LogP contribution in [-0.4, -0.2) is 39.0 Å². The number of amides is 1. The number of aryl methyl sites for hydroxylation is 1. The van der Waals surface area contributed by atoms with E-state index >= 15 is 0 Å². The minimum Gasteiger partial charge on any atom is -0.477 e. The first-order valence-electron chi connectivity index (χ1n) is 4.65. The third-order valence-electron chi connectivity index (χ3n) is 2.55. The van der Waals surface area contributed by atoms with Gasteiger partial charge < -0.3 is 9.84 Å². The molecule has 0 saturated heterocycles. The second-order valence-corrected chi connectivity index (χ2v) is 3.53. The number of carboxylic acids is 1. The van der Waals surface area contributed by atoms with Crippen molar-refractivity contribution in [1.82, 2.24) is 14.7 Å². The van der Waals surface area contributed by atoms with E-state index in [-0.39, 0.29) is 12.2 Å². The van der Waals surface area contributed by atoms with Crippen molar-refractivity contribution in [3.8, 4) is 0 Å². The molecular formula is C9H11N3O4. The van der Waals surface area contributed by atoms with Crippen LogP contribution in [0.25, 0.3) is 0 Å². The summed E-state index contributed by atoms with van der Waals surface area (Å²) in [7, 11) is 2.86. The van der Waals surface area contributed by atoms with Crippen LogP contribution in [0, 0.1) is 0 Å². The van der Waals surface area contributed by atoms with Crippen molar-refractivity contribution in [3.05, 3.63) is 17.0 Å². The average Bonchev–Trinajstić information content (AvgIpc) is 2.71. The van der Waals surface area contributed by atoms with E-state index in [1.165, 1.54) is 16.7 Å². The Labute approximate surface area is 91.2 Å². The van der Waals surface area contributed by atoms with Gasteiger partial charge >= 0.3 is 12.1 Å². The fraction of sp³-hybridized carbons (Fsp3) is 0.444. The molecule has 1 aliphatic rings. The smallest absolute Gasteiger partial charge is 0.410 e. The van der Waals surface area contributed by atoms with E-state index in [1.54, 1.807) is 7.05 Å². The number of hydrogen-bond acceptors (Lipinski definition) is 4. The molecule has 1 aromatic heterocycles. The molecule has 1 amide bonds. The van der Waals surface area contributed by atoms with Gasteiger partial charge in [0.15, 0.2) is 5.69 Å². The van der Waals surface area contributed by atoms with Gasteiger partial charge in [0, 0.05) is 12.6 Å². The fourth-order valence-corrected chi connectivity index (χ4v) is 1.87. The Morgan fingerprint density at radius 2 is 2.12 bits per heavy atom. The van der Waals surface area contributed by atoms with Crippen molar-refractivity contribution >= 4 is 12.1 Å². The molecule has 0 unspecified atom stereocenters. The molecule has 0 aliphatic carbocycles. The first kappa shape index (κ1) is 10.5. The van der Waals surface area contributed by atoms with Crippen LogP contribution in [0.3, 0.4) is 0 Å².